The summed E-state index contributed by atoms with van der Waals surface area (Å²) in [7, 11) is 1.11. The van der Waals surface area contributed by atoms with Gasteiger partial charge in [-0.2, -0.15) is 0 Å². The van der Waals surface area contributed by atoms with Crippen molar-refractivity contribution in [1.82, 2.24) is 4.98 Å². The molecule has 0 radical (unpaired) electrons. The van der Waals surface area contributed by atoms with Gasteiger partial charge in [-0.15, -0.1) is 0 Å². The van der Waals surface area contributed by atoms with Crippen LogP contribution < -0.4 is 0 Å². The third-order valence-electron chi connectivity index (χ3n) is 2.49. The van der Waals surface area contributed by atoms with Crippen LogP contribution in [0.2, 0.25) is 0 Å². The zero-order valence-corrected chi connectivity index (χ0v) is 9.85. The highest BCUT2D eigenvalue weighted by Gasteiger charge is 2.16. The van der Waals surface area contributed by atoms with Crippen LogP contribution in [0.5, 0.6) is 5.75 Å². The number of hydrogen-bond donors (Lipinski definition) is 1. The van der Waals surface area contributed by atoms with E-state index in [1.165, 1.54) is 0 Å². The normalized spacial score (nSPS) is 10.3. The topological polar surface area (TPSA) is 59.4 Å². The van der Waals surface area contributed by atoms with Crippen molar-refractivity contribution in [2.24, 2.45) is 0 Å². The minimum Gasteiger partial charge on any atom is -0.507 e. The van der Waals surface area contributed by atoms with E-state index >= 15 is 0 Å². The van der Waals surface area contributed by atoms with E-state index in [0.717, 1.165) is 37.6 Å². The van der Waals surface area contributed by atoms with Crippen LogP contribution in [-0.4, -0.2) is 23.2 Å². The van der Waals surface area contributed by atoms with Crippen LogP contribution in [0.25, 0.3) is 11.1 Å². The highest BCUT2D eigenvalue weighted by atomic mass is 19.1. The van der Waals surface area contributed by atoms with E-state index in [-0.39, 0.29) is 16.9 Å². The van der Waals surface area contributed by atoms with Gasteiger partial charge in [-0.05, 0) is 24.3 Å². The Morgan fingerprint density at radius 1 is 1.32 bits per heavy atom. The monoisotopic (exact) mass is 265 g/mol. The first-order valence-corrected chi connectivity index (χ1v) is 5.25. The summed E-state index contributed by atoms with van der Waals surface area (Å²) >= 11 is 0. The van der Waals surface area contributed by atoms with Crippen LogP contribution in [0.1, 0.15) is 10.5 Å². The molecule has 0 fully saturated rings. The van der Waals surface area contributed by atoms with Crippen LogP contribution in [0, 0.1) is 11.6 Å². The van der Waals surface area contributed by atoms with E-state index in [9.17, 15) is 18.7 Å². The maximum absolute atomic E-state index is 13.7. The number of carbonyl (C=O) groups is 1. The average molecular weight is 265 g/mol. The number of benzene rings is 1. The second kappa shape index (κ2) is 5.01. The minimum absolute atomic E-state index is 0.0859. The van der Waals surface area contributed by atoms with Crippen LogP contribution in [-0.2, 0) is 4.74 Å². The molecule has 0 bridgehead atoms. The van der Waals surface area contributed by atoms with Crippen molar-refractivity contribution in [3.05, 3.63) is 47.8 Å². The molecule has 0 saturated carbocycles. The molecule has 1 N–H and O–H groups in total. The number of phenolic OH excluding ortho intramolecular Hbond substituents is 1. The Morgan fingerprint density at radius 2 is 2.05 bits per heavy atom. The molecule has 98 valence electrons. The molecule has 0 unspecified atom stereocenters. The first kappa shape index (κ1) is 12.9. The van der Waals surface area contributed by atoms with E-state index in [2.05, 4.69) is 9.72 Å². The van der Waals surface area contributed by atoms with Gasteiger partial charge in [-0.1, -0.05) is 0 Å². The van der Waals surface area contributed by atoms with Crippen molar-refractivity contribution in [2.45, 2.75) is 0 Å². The summed E-state index contributed by atoms with van der Waals surface area (Å²) in [6.07, 6.45) is 1.16. The number of rotatable bonds is 2. The summed E-state index contributed by atoms with van der Waals surface area (Å²) in [4.78, 5) is 14.8. The maximum atomic E-state index is 13.7. The van der Waals surface area contributed by atoms with Crippen molar-refractivity contribution in [3.63, 3.8) is 0 Å². The smallest absolute Gasteiger partial charge is 0.359 e. The lowest BCUT2D eigenvalue weighted by atomic mass is 10.1. The lowest BCUT2D eigenvalue weighted by molar-refractivity contribution is 0.0588. The number of hydrogen-bond acceptors (Lipinski definition) is 4. The summed E-state index contributed by atoms with van der Waals surface area (Å²) in [5, 5.41) is 9.60. The molecule has 0 spiro atoms. The molecule has 2 rings (SSSR count). The predicted molar refractivity (Wildman–Crippen MR) is 62.6 cm³/mol. The molecule has 0 atom stereocenters. The van der Waals surface area contributed by atoms with Crippen molar-refractivity contribution < 1.29 is 23.4 Å². The van der Waals surface area contributed by atoms with Crippen LogP contribution in [0.4, 0.5) is 8.78 Å². The number of aromatic nitrogens is 1. The number of pyridine rings is 1. The Balaban J connectivity index is 2.50. The fourth-order valence-electron chi connectivity index (χ4n) is 1.57. The summed E-state index contributed by atoms with van der Waals surface area (Å²) in [5.74, 6) is -2.61. The summed E-state index contributed by atoms with van der Waals surface area (Å²) in [6, 6.07) is 4.25. The number of carbonyl (C=O) groups excluding carboxylic acids is 1. The molecule has 0 amide bonds. The molecule has 0 aliphatic heterocycles. The lowest BCUT2D eigenvalue weighted by Crippen LogP contribution is -2.07. The average Bonchev–Trinajstić information content (AvgIpc) is 2.40. The summed E-state index contributed by atoms with van der Waals surface area (Å²) < 4.78 is 31.1. The molecule has 4 nitrogen and oxygen atoms in total. The van der Waals surface area contributed by atoms with E-state index in [1.54, 1.807) is 0 Å². The second-order valence-corrected chi connectivity index (χ2v) is 3.71. The molecule has 1 aromatic carbocycles. The molecular formula is C13H9F2NO3. The fourth-order valence-corrected chi connectivity index (χ4v) is 1.57. The van der Waals surface area contributed by atoms with E-state index < -0.39 is 23.3 Å². The van der Waals surface area contributed by atoms with Gasteiger partial charge in [0.2, 0.25) is 0 Å². The number of methoxy groups -OCH3 is 1. The minimum atomic E-state index is -0.910. The molecule has 6 heteroatoms. The molecule has 0 saturated heterocycles. The molecule has 0 aliphatic carbocycles. The van der Waals surface area contributed by atoms with E-state index in [4.69, 9.17) is 0 Å². The van der Waals surface area contributed by atoms with Crippen LogP contribution >= 0.6 is 0 Å². The molecule has 1 heterocycles. The number of esters is 1. The Hall–Kier alpha value is -2.50. The van der Waals surface area contributed by atoms with Crippen LogP contribution in [0.15, 0.2) is 30.5 Å². The van der Waals surface area contributed by atoms with Gasteiger partial charge >= 0.3 is 5.97 Å². The number of ether oxygens (including phenoxy) is 1. The predicted octanol–water partition coefficient (Wildman–Crippen LogP) is 2.52. The van der Waals surface area contributed by atoms with Gasteiger partial charge in [0.25, 0.3) is 0 Å². The SMILES string of the molecule is COC(=O)c1ncc(-c2cc(F)ccc2O)cc1F. The lowest BCUT2D eigenvalue weighted by Gasteiger charge is -2.06. The zero-order valence-electron chi connectivity index (χ0n) is 9.85. The zero-order chi connectivity index (χ0) is 14.0. The number of phenols is 1. The standard InChI is InChI=1S/C13H9F2NO3/c1-19-13(18)12-10(15)4-7(6-16-12)9-5-8(14)2-3-11(9)17/h2-6,17H,1H3. The molecule has 2 aromatic rings. The maximum Gasteiger partial charge on any atom is 0.359 e. The van der Waals surface area contributed by atoms with Gasteiger partial charge in [-0.25, -0.2) is 18.6 Å². The van der Waals surface area contributed by atoms with Crippen molar-refractivity contribution in [1.29, 1.82) is 0 Å². The van der Waals surface area contributed by atoms with E-state index in [0.29, 0.717) is 0 Å². The van der Waals surface area contributed by atoms with Crippen molar-refractivity contribution in [3.8, 4) is 16.9 Å². The molecule has 0 aliphatic rings. The first-order chi connectivity index (χ1) is 9.02. The Morgan fingerprint density at radius 3 is 2.68 bits per heavy atom. The Kier molecular flexibility index (Phi) is 3.41. The summed E-state index contributed by atoms with van der Waals surface area (Å²) in [5.41, 5.74) is -0.230. The van der Waals surface area contributed by atoms with Gasteiger partial charge in [0.15, 0.2) is 11.5 Å². The third-order valence-corrected chi connectivity index (χ3v) is 2.49. The number of nitrogens with zero attached hydrogens (tertiary/aromatic N) is 1. The summed E-state index contributed by atoms with van der Waals surface area (Å²) in [6.45, 7) is 0. The van der Waals surface area contributed by atoms with Gasteiger partial charge in [0.05, 0.1) is 7.11 Å². The third kappa shape index (κ3) is 2.52. The fraction of sp³-hybridized carbons (Fsp3) is 0.0769. The Bertz CT molecular complexity index is 644. The largest absolute Gasteiger partial charge is 0.507 e. The molecular weight excluding hydrogens is 256 g/mol. The Labute approximate surface area is 107 Å². The highest BCUT2D eigenvalue weighted by molar-refractivity contribution is 5.88. The quantitative estimate of drug-likeness (QED) is 0.847. The van der Waals surface area contributed by atoms with Crippen molar-refractivity contribution in [2.75, 3.05) is 7.11 Å². The van der Waals surface area contributed by atoms with E-state index in [1.807, 2.05) is 0 Å². The van der Waals surface area contributed by atoms with Gasteiger partial charge in [-0.3, -0.25) is 0 Å². The second-order valence-electron chi connectivity index (χ2n) is 3.71. The van der Waals surface area contributed by atoms with Gasteiger partial charge in [0.1, 0.15) is 11.6 Å². The first-order valence-electron chi connectivity index (χ1n) is 5.25. The number of aromatic hydroxyl groups is 1. The highest BCUT2D eigenvalue weighted by Crippen LogP contribution is 2.30. The van der Waals surface area contributed by atoms with Gasteiger partial charge < -0.3 is 9.84 Å². The molecule has 1 aromatic heterocycles. The van der Waals surface area contributed by atoms with Crippen molar-refractivity contribution >= 4 is 5.97 Å². The van der Waals surface area contributed by atoms with Gasteiger partial charge in [0, 0.05) is 17.3 Å². The van der Waals surface area contributed by atoms with Crippen LogP contribution in [0.3, 0.4) is 0 Å². The molecule has 19 heavy (non-hydrogen) atoms. The number of halogens is 2.